The molecule has 4 nitrogen and oxygen atoms in total. The molecule has 16 heavy (non-hydrogen) atoms. The van der Waals surface area contributed by atoms with Gasteiger partial charge in [-0.2, -0.15) is 0 Å². The van der Waals surface area contributed by atoms with Crippen molar-refractivity contribution in [3.05, 3.63) is 0 Å². The van der Waals surface area contributed by atoms with Gasteiger partial charge in [-0.3, -0.25) is 4.79 Å². The molecule has 0 spiro atoms. The van der Waals surface area contributed by atoms with E-state index < -0.39 is 0 Å². The lowest BCUT2D eigenvalue weighted by Crippen LogP contribution is -2.31. The van der Waals surface area contributed by atoms with Crippen LogP contribution in [0.1, 0.15) is 32.6 Å². The Balaban J connectivity index is 3.75. The van der Waals surface area contributed by atoms with Crippen LogP contribution in [0.5, 0.6) is 0 Å². The first-order valence-corrected chi connectivity index (χ1v) is 6.02. The number of esters is 1. The topological polar surface area (TPSA) is 38.8 Å². The van der Waals surface area contributed by atoms with Crippen molar-refractivity contribution in [1.29, 1.82) is 0 Å². The quantitative estimate of drug-likeness (QED) is 0.423. The molecule has 0 aliphatic heterocycles. The first kappa shape index (κ1) is 15.4. The highest BCUT2D eigenvalue weighted by molar-refractivity contribution is 5.69. The van der Waals surface area contributed by atoms with Crippen LogP contribution in [0.3, 0.4) is 0 Å². The summed E-state index contributed by atoms with van der Waals surface area (Å²) in [5.41, 5.74) is 0. The van der Waals surface area contributed by atoms with Crippen LogP contribution in [0.25, 0.3) is 0 Å². The maximum Gasteiger partial charge on any atom is 0.306 e. The van der Waals surface area contributed by atoms with Gasteiger partial charge < -0.3 is 14.4 Å². The molecular weight excluding hydrogens is 206 g/mol. The molecule has 0 fully saturated rings. The van der Waals surface area contributed by atoms with Crippen molar-refractivity contribution in [3.8, 4) is 0 Å². The van der Waals surface area contributed by atoms with Gasteiger partial charge in [0.1, 0.15) is 0 Å². The maximum absolute atomic E-state index is 11.0. The molecule has 0 bridgehead atoms. The van der Waals surface area contributed by atoms with E-state index in [0.717, 1.165) is 19.6 Å². The molecule has 0 saturated heterocycles. The molecular formula is C12H25NO3. The SMILES string of the molecule is CCCCCN(CCOC)CCC(=O)OC. The molecule has 0 radical (unpaired) electrons. The Kier molecular flexibility index (Phi) is 10.5. The molecule has 0 aliphatic rings. The minimum absolute atomic E-state index is 0.141. The van der Waals surface area contributed by atoms with Crippen molar-refractivity contribution >= 4 is 5.97 Å². The number of hydrogen-bond donors (Lipinski definition) is 0. The fraction of sp³-hybridized carbons (Fsp3) is 0.917. The fourth-order valence-corrected chi connectivity index (χ4v) is 1.49. The third-order valence-corrected chi connectivity index (χ3v) is 2.55. The minimum Gasteiger partial charge on any atom is -0.469 e. The van der Waals surface area contributed by atoms with E-state index in [1.807, 2.05) is 0 Å². The molecule has 96 valence electrons. The van der Waals surface area contributed by atoms with E-state index in [0.29, 0.717) is 13.0 Å². The van der Waals surface area contributed by atoms with Crippen molar-refractivity contribution in [2.45, 2.75) is 32.6 Å². The number of ether oxygens (including phenoxy) is 2. The Morgan fingerprint density at radius 2 is 1.88 bits per heavy atom. The third kappa shape index (κ3) is 8.68. The number of hydrogen-bond acceptors (Lipinski definition) is 4. The van der Waals surface area contributed by atoms with Gasteiger partial charge in [-0.05, 0) is 13.0 Å². The van der Waals surface area contributed by atoms with E-state index in [-0.39, 0.29) is 5.97 Å². The summed E-state index contributed by atoms with van der Waals surface area (Å²) in [6, 6.07) is 0. The van der Waals surface area contributed by atoms with Gasteiger partial charge in [-0.15, -0.1) is 0 Å². The van der Waals surface area contributed by atoms with Gasteiger partial charge in [-0.25, -0.2) is 0 Å². The van der Waals surface area contributed by atoms with Crippen molar-refractivity contribution in [2.75, 3.05) is 40.5 Å². The van der Waals surface area contributed by atoms with Gasteiger partial charge in [0.05, 0.1) is 20.1 Å². The largest absolute Gasteiger partial charge is 0.469 e. The van der Waals surface area contributed by atoms with E-state index in [2.05, 4.69) is 16.6 Å². The fourth-order valence-electron chi connectivity index (χ4n) is 1.49. The molecule has 4 heteroatoms. The summed E-state index contributed by atoms with van der Waals surface area (Å²) >= 11 is 0. The van der Waals surface area contributed by atoms with E-state index in [4.69, 9.17) is 4.74 Å². The first-order valence-electron chi connectivity index (χ1n) is 6.02. The molecule has 0 heterocycles. The van der Waals surface area contributed by atoms with Crippen molar-refractivity contribution in [1.82, 2.24) is 4.90 Å². The number of unbranched alkanes of at least 4 members (excludes halogenated alkanes) is 2. The van der Waals surface area contributed by atoms with Gasteiger partial charge in [0.2, 0.25) is 0 Å². The summed E-state index contributed by atoms with van der Waals surface area (Å²) in [6.45, 7) is 5.59. The highest BCUT2D eigenvalue weighted by Gasteiger charge is 2.07. The number of rotatable bonds is 10. The number of carbonyl (C=O) groups excluding carboxylic acids is 1. The second-order valence-electron chi connectivity index (χ2n) is 3.87. The van der Waals surface area contributed by atoms with Gasteiger partial charge >= 0.3 is 5.97 Å². The average molecular weight is 231 g/mol. The second-order valence-corrected chi connectivity index (χ2v) is 3.87. The zero-order chi connectivity index (χ0) is 12.2. The molecule has 0 saturated carbocycles. The van der Waals surface area contributed by atoms with Crippen LogP contribution in [0.4, 0.5) is 0 Å². The van der Waals surface area contributed by atoms with E-state index in [1.165, 1.54) is 26.4 Å². The molecule has 0 aromatic carbocycles. The standard InChI is InChI=1S/C12H25NO3/c1-4-5-6-8-13(10-11-15-2)9-7-12(14)16-3/h4-11H2,1-3H3. The predicted octanol–water partition coefficient (Wildman–Crippen LogP) is 1.69. The van der Waals surface area contributed by atoms with E-state index in [1.54, 1.807) is 7.11 Å². The smallest absolute Gasteiger partial charge is 0.306 e. The molecule has 0 N–H and O–H groups in total. The van der Waals surface area contributed by atoms with Crippen molar-refractivity contribution in [2.24, 2.45) is 0 Å². The van der Waals surface area contributed by atoms with Gasteiger partial charge in [0.15, 0.2) is 0 Å². The molecule has 0 unspecified atom stereocenters. The molecule has 0 aromatic rings. The second kappa shape index (κ2) is 10.9. The van der Waals surface area contributed by atoms with Gasteiger partial charge in [0.25, 0.3) is 0 Å². The summed E-state index contributed by atoms with van der Waals surface area (Å²) in [7, 11) is 3.13. The highest BCUT2D eigenvalue weighted by atomic mass is 16.5. The molecule has 0 amide bonds. The third-order valence-electron chi connectivity index (χ3n) is 2.55. The lowest BCUT2D eigenvalue weighted by Gasteiger charge is -2.21. The number of nitrogens with zero attached hydrogens (tertiary/aromatic N) is 1. The molecule has 0 aliphatic carbocycles. The number of carbonyl (C=O) groups is 1. The van der Waals surface area contributed by atoms with Crippen molar-refractivity contribution < 1.29 is 14.3 Å². The van der Waals surface area contributed by atoms with Crippen LogP contribution in [0.2, 0.25) is 0 Å². The van der Waals surface area contributed by atoms with Gasteiger partial charge in [0, 0.05) is 20.2 Å². The van der Waals surface area contributed by atoms with Crippen LogP contribution in [0, 0.1) is 0 Å². The minimum atomic E-state index is -0.141. The lowest BCUT2D eigenvalue weighted by molar-refractivity contribution is -0.141. The summed E-state index contributed by atoms with van der Waals surface area (Å²) < 4.78 is 9.69. The van der Waals surface area contributed by atoms with E-state index in [9.17, 15) is 4.79 Å². The normalized spacial score (nSPS) is 10.8. The Labute approximate surface area is 98.9 Å². The highest BCUT2D eigenvalue weighted by Crippen LogP contribution is 2.00. The van der Waals surface area contributed by atoms with Gasteiger partial charge in [-0.1, -0.05) is 19.8 Å². The molecule has 0 aromatic heterocycles. The zero-order valence-corrected chi connectivity index (χ0v) is 10.8. The predicted molar refractivity (Wildman–Crippen MR) is 64.5 cm³/mol. The summed E-state index contributed by atoms with van der Waals surface area (Å²) in [5, 5.41) is 0. The van der Waals surface area contributed by atoms with Crippen LogP contribution < -0.4 is 0 Å². The van der Waals surface area contributed by atoms with E-state index >= 15 is 0 Å². The maximum atomic E-state index is 11.0. The Bertz CT molecular complexity index is 174. The summed E-state index contributed by atoms with van der Waals surface area (Å²) in [5.74, 6) is -0.141. The van der Waals surface area contributed by atoms with Crippen molar-refractivity contribution in [3.63, 3.8) is 0 Å². The van der Waals surface area contributed by atoms with Crippen LogP contribution in [0.15, 0.2) is 0 Å². The summed E-state index contributed by atoms with van der Waals surface area (Å²) in [6.07, 6.45) is 4.10. The zero-order valence-electron chi connectivity index (χ0n) is 10.8. The monoisotopic (exact) mass is 231 g/mol. The molecule has 0 atom stereocenters. The summed E-state index contributed by atoms with van der Waals surface area (Å²) in [4.78, 5) is 13.3. The Morgan fingerprint density at radius 1 is 1.12 bits per heavy atom. The number of methoxy groups -OCH3 is 2. The van der Waals surface area contributed by atoms with Crippen LogP contribution in [-0.2, 0) is 14.3 Å². The molecule has 0 rings (SSSR count). The first-order chi connectivity index (χ1) is 7.74. The average Bonchev–Trinajstić information content (AvgIpc) is 2.31. The van der Waals surface area contributed by atoms with Crippen LogP contribution >= 0.6 is 0 Å². The van der Waals surface area contributed by atoms with Crippen LogP contribution in [-0.4, -0.2) is 51.3 Å². The Hall–Kier alpha value is -0.610. The Morgan fingerprint density at radius 3 is 2.44 bits per heavy atom. The lowest BCUT2D eigenvalue weighted by atomic mass is 10.2.